The van der Waals surface area contributed by atoms with E-state index in [4.69, 9.17) is 9.15 Å². The second-order valence-electron chi connectivity index (χ2n) is 9.12. The Hall–Kier alpha value is -0.800. The van der Waals surface area contributed by atoms with E-state index < -0.39 is 0 Å². The zero-order valence-electron chi connectivity index (χ0n) is 18.0. The van der Waals surface area contributed by atoms with Gasteiger partial charge >= 0.3 is 0 Å². The lowest BCUT2D eigenvalue weighted by atomic mass is 9.55. The lowest BCUT2D eigenvalue weighted by Gasteiger charge is -2.60. The Morgan fingerprint density at radius 2 is 2.07 bits per heavy atom. The predicted molar refractivity (Wildman–Crippen MR) is 127 cm³/mol. The van der Waals surface area contributed by atoms with Crippen molar-refractivity contribution < 1.29 is 9.15 Å². The molecule has 0 aromatic carbocycles. The molecule has 4 atom stereocenters. The highest BCUT2D eigenvalue weighted by Crippen LogP contribution is 2.51. The molecule has 2 saturated heterocycles. The Balaban J connectivity index is 0.00000240. The number of rotatable bonds is 5. The topological polar surface area (TPSA) is 62.0 Å². The van der Waals surface area contributed by atoms with Crippen LogP contribution in [0.4, 0.5) is 0 Å². The van der Waals surface area contributed by atoms with Crippen LogP contribution in [0.15, 0.2) is 27.8 Å². The molecule has 6 nitrogen and oxygen atoms in total. The number of hydrogen-bond donors (Lipinski definition) is 2. The minimum Gasteiger partial charge on any atom is -0.468 e. The Kier molecular flexibility index (Phi) is 7.89. The van der Waals surface area contributed by atoms with Gasteiger partial charge in [0.2, 0.25) is 0 Å². The summed E-state index contributed by atoms with van der Waals surface area (Å²) >= 11 is 0. The summed E-state index contributed by atoms with van der Waals surface area (Å²) in [5.41, 5.74) is 0.135. The van der Waals surface area contributed by atoms with Crippen LogP contribution in [0.1, 0.15) is 57.8 Å². The molecule has 7 heteroatoms. The van der Waals surface area contributed by atoms with Gasteiger partial charge in [-0.05, 0) is 50.9 Å². The van der Waals surface area contributed by atoms with E-state index in [0.717, 1.165) is 44.4 Å². The summed E-state index contributed by atoms with van der Waals surface area (Å²) in [5, 5.41) is 7.29. The van der Waals surface area contributed by atoms with Crippen LogP contribution in [0.2, 0.25) is 0 Å². The lowest BCUT2D eigenvalue weighted by molar-refractivity contribution is -0.188. The number of hydrogen-bond acceptors (Lipinski definition) is 4. The van der Waals surface area contributed by atoms with Gasteiger partial charge in [0.25, 0.3) is 0 Å². The second-order valence-corrected chi connectivity index (χ2v) is 9.12. The molecule has 2 N–H and O–H groups in total. The third-order valence-electron chi connectivity index (χ3n) is 7.01. The van der Waals surface area contributed by atoms with E-state index in [9.17, 15) is 0 Å². The Labute approximate surface area is 192 Å². The van der Waals surface area contributed by atoms with E-state index in [0.29, 0.717) is 18.1 Å². The zero-order valence-corrected chi connectivity index (χ0v) is 20.4. The van der Waals surface area contributed by atoms with E-state index in [1.165, 1.54) is 25.7 Å². The fourth-order valence-electron chi connectivity index (χ4n) is 5.47. The van der Waals surface area contributed by atoms with Crippen LogP contribution < -0.4 is 10.6 Å². The molecule has 3 heterocycles. The summed E-state index contributed by atoms with van der Waals surface area (Å²) in [4.78, 5) is 7.06. The van der Waals surface area contributed by atoms with Gasteiger partial charge in [-0.2, -0.15) is 0 Å². The van der Waals surface area contributed by atoms with Crippen LogP contribution in [0.5, 0.6) is 0 Å². The van der Waals surface area contributed by atoms with Crippen molar-refractivity contribution in [3.8, 4) is 0 Å². The highest BCUT2D eigenvalue weighted by atomic mass is 127. The van der Waals surface area contributed by atoms with Crippen molar-refractivity contribution in [1.82, 2.24) is 15.5 Å². The van der Waals surface area contributed by atoms with Crippen molar-refractivity contribution in [2.24, 2.45) is 16.3 Å². The van der Waals surface area contributed by atoms with Gasteiger partial charge in [-0.3, -0.25) is 9.89 Å². The van der Waals surface area contributed by atoms with Crippen molar-refractivity contribution in [3.63, 3.8) is 0 Å². The van der Waals surface area contributed by atoms with Crippen LogP contribution in [-0.4, -0.2) is 56.3 Å². The first kappa shape index (κ1) is 22.9. The molecule has 0 bridgehead atoms. The predicted octanol–water partition coefficient (Wildman–Crippen LogP) is 3.79. The number of likely N-dealkylation sites (tertiary alicyclic amines) is 1. The molecule has 1 aromatic heterocycles. The monoisotopic (exact) mass is 516 g/mol. The first-order chi connectivity index (χ1) is 13.6. The minimum atomic E-state index is 0. The summed E-state index contributed by atoms with van der Waals surface area (Å²) in [6.07, 6.45) is 8.43. The summed E-state index contributed by atoms with van der Waals surface area (Å²) in [6, 6.07) is 4.73. The summed E-state index contributed by atoms with van der Waals surface area (Å²) in [6.45, 7) is 8.59. The number of nitrogens with one attached hydrogen (secondary N) is 2. The van der Waals surface area contributed by atoms with Crippen molar-refractivity contribution >= 4 is 29.9 Å². The van der Waals surface area contributed by atoms with Gasteiger partial charge in [0.15, 0.2) is 5.96 Å². The summed E-state index contributed by atoms with van der Waals surface area (Å²) in [5.74, 6) is 2.51. The van der Waals surface area contributed by atoms with Gasteiger partial charge in [-0.1, -0.05) is 20.3 Å². The molecule has 0 spiro atoms. The van der Waals surface area contributed by atoms with Crippen LogP contribution in [0.3, 0.4) is 0 Å². The lowest BCUT2D eigenvalue weighted by Crippen LogP contribution is -2.71. The van der Waals surface area contributed by atoms with Crippen LogP contribution in [0, 0.1) is 11.3 Å². The van der Waals surface area contributed by atoms with E-state index in [1.807, 2.05) is 13.1 Å². The Morgan fingerprint density at radius 3 is 2.76 bits per heavy atom. The van der Waals surface area contributed by atoms with Crippen LogP contribution >= 0.6 is 24.0 Å². The maximum absolute atomic E-state index is 6.04. The van der Waals surface area contributed by atoms with Crippen molar-refractivity contribution in [2.45, 2.75) is 64.1 Å². The van der Waals surface area contributed by atoms with Gasteiger partial charge in [-0.25, -0.2) is 0 Å². The molecule has 164 valence electrons. The van der Waals surface area contributed by atoms with E-state index in [1.54, 1.807) is 6.26 Å². The largest absolute Gasteiger partial charge is 0.468 e. The maximum atomic E-state index is 6.04. The molecule has 0 radical (unpaired) electrons. The number of fused-ring (bicyclic) bond motifs is 1. The van der Waals surface area contributed by atoms with Crippen molar-refractivity contribution in [3.05, 3.63) is 24.2 Å². The average molecular weight is 516 g/mol. The SMILES string of the molecule is CN=C(NCC(c1ccco1)N1CCCCC1)NC1C2CCCOC2C1(C)C.I. The van der Waals surface area contributed by atoms with Crippen molar-refractivity contribution in [1.29, 1.82) is 0 Å². The first-order valence-electron chi connectivity index (χ1n) is 11.0. The molecule has 4 rings (SSSR count). The highest BCUT2D eigenvalue weighted by Gasteiger charge is 2.58. The number of piperidine rings is 1. The molecule has 3 fully saturated rings. The van der Waals surface area contributed by atoms with Gasteiger partial charge < -0.3 is 19.8 Å². The third-order valence-corrected chi connectivity index (χ3v) is 7.01. The van der Waals surface area contributed by atoms with E-state index in [-0.39, 0.29) is 35.4 Å². The van der Waals surface area contributed by atoms with Crippen LogP contribution in [0.25, 0.3) is 0 Å². The molecule has 4 unspecified atom stereocenters. The summed E-state index contributed by atoms with van der Waals surface area (Å²) < 4.78 is 11.8. The zero-order chi connectivity index (χ0) is 19.6. The fraction of sp³-hybridized carbons (Fsp3) is 0.773. The molecule has 1 saturated carbocycles. The molecule has 1 aromatic rings. The fourth-order valence-corrected chi connectivity index (χ4v) is 5.47. The first-order valence-corrected chi connectivity index (χ1v) is 11.0. The molecular formula is C22H37IN4O2. The molecule has 1 aliphatic carbocycles. The molecule has 29 heavy (non-hydrogen) atoms. The van der Waals surface area contributed by atoms with E-state index in [2.05, 4.69) is 40.4 Å². The van der Waals surface area contributed by atoms with Gasteiger partial charge in [-0.15, -0.1) is 24.0 Å². The molecule has 2 aliphatic heterocycles. The number of furan rings is 1. The van der Waals surface area contributed by atoms with Gasteiger partial charge in [0.05, 0.1) is 18.4 Å². The number of aliphatic imine (C=N–C) groups is 1. The Morgan fingerprint density at radius 1 is 1.28 bits per heavy atom. The number of guanidine groups is 1. The van der Waals surface area contributed by atoms with E-state index >= 15 is 0 Å². The number of ether oxygens (including phenoxy) is 1. The number of halogens is 1. The highest BCUT2D eigenvalue weighted by molar-refractivity contribution is 14.0. The average Bonchev–Trinajstić information content (AvgIpc) is 3.25. The van der Waals surface area contributed by atoms with Gasteiger partial charge in [0.1, 0.15) is 5.76 Å². The maximum Gasteiger partial charge on any atom is 0.191 e. The standard InChI is InChI=1S/C22H36N4O2.HI/c1-22(2)19(16-9-7-14-28-20(16)22)25-21(23-3)24-15-17(18-10-8-13-27-18)26-11-5-4-6-12-26;/h8,10,13,16-17,19-20H,4-7,9,11-12,14-15H2,1-3H3,(H2,23,24,25);1H. The summed E-state index contributed by atoms with van der Waals surface area (Å²) in [7, 11) is 1.86. The quantitative estimate of drug-likeness (QED) is 0.354. The van der Waals surface area contributed by atoms with Gasteiger partial charge in [0, 0.05) is 37.6 Å². The molecule has 0 amide bonds. The van der Waals surface area contributed by atoms with Crippen LogP contribution in [-0.2, 0) is 4.74 Å². The third kappa shape index (κ3) is 4.77. The Bertz CT molecular complexity index is 658. The second kappa shape index (κ2) is 10.0. The van der Waals surface area contributed by atoms with Crippen molar-refractivity contribution in [2.75, 3.05) is 33.3 Å². The smallest absolute Gasteiger partial charge is 0.191 e. The molecule has 3 aliphatic rings. The number of nitrogens with zero attached hydrogens (tertiary/aromatic N) is 2. The normalized spacial score (nSPS) is 30.4. The molecular weight excluding hydrogens is 479 g/mol. The minimum absolute atomic E-state index is 0.